The van der Waals surface area contributed by atoms with Crippen LogP contribution in [-0.2, 0) is 5.41 Å². The summed E-state index contributed by atoms with van der Waals surface area (Å²) in [5, 5.41) is 15.3. The van der Waals surface area contributed by atoms with E-state index in [0.717, 1.165) is 5.75 Å². The lowest BCUT2D eigenvalue weighted by atomic mass is 9.87. The highest BCUT2D eigenvalue weighted by atomic mass is 16.5. The van der Waals surface area contributed by atoms with E-state index in [-0.39, 0.29) is 5.41 Å². The zero-order valence-electron chi connectivity index (χ0n) is 11.6. The van der Waals surface area contributed by atoms with Crippen molar-refractivity contribution in [3.05, 3.63) is 42.0 Å². The highest BCUT2D eigenvalue weighted by Crippen LogP contribution is 2.27. The van der Waals surface area contributed by atoms with Gasteiger partial charge in [-0.05, 0) is 39.6 Å². The van der Waals surface area contributed by atoms with Crippen LogP contribution in [0.25, 0.3) is 5.65 Å². The summed E-state index contributed by atoms with van der Waals surface area (Å²) in [5.74, 6) is 1.20. The first kappa shape index (κ1) is 12.5. The molecule has 3 aromatic rings. The van der Waals surface area contributed by atoms with Crippen LogP contribution >= 0.6 is 0 Å². The largest absolute Gasteiger partial charge is 0.438 e. The van der Waals surface area contributed by atoms with E-state index in [9.17, 15) is 0 Å². The van der Waals surface area contributed by atoms with Crippen molar-refractivity contribution in [1.29, 1.82) is 0 Å². The summed E-state index contributed by atoms with van der Waals surface area (Å²) in [4.78, 5) is 0. The molecule has 0 aliphatic heterocycles. The third-order valence-electron chi connectivity index (χ3n) is 2.97. The van der Waals surface area contributed by atoms with Gasteiger partial charge in [-0.3, -0.25) is 0 Å². The molecular weight excluding hydrogens is 254 g/mol. The fourth-order valence-electron chi connectivity index (χ4n) is 1.83. The molecular formula is C14H15N5O. The van der Waals surface area contributed by atoms with E-state index in [1.807, 2.05) is 18.2 Å². The Bertz CT molecular complexity index is 744. The Morgan fingerprint density at radius 2 is 1.95 bits per heavy atom. The molecule has 6 nitrogen and oxygen atoms in total. The van der Waals surface area contributed by atoms with Gasteiger partial charge in [0.2, 0.25) is 5.88 Å². The molecule has 0 aliphatic carbocycles. The zero-order valence-corrected chi connectivity index (χ0v) is 11.6. The highest BCUT2D eigenvalue weighted by molar-refractivity contribution is 5.37. The van der Waals surface area contributed by atoms with Gasteiger partial charge >= 0.3 is 0 Å². The van der Waals surface area contributed by atoms with Gasteiger partial charge in [0, 0.05) is 6.07 Å². The molecule has 2 heterocycles. The molecule has 6 heteroatoms. The predicted octanol–water partition coefficient (Wildman–Crippen LogP) is 2.61. The molecule has 0 radical (unpaired) electrons. The maximum absolute atomic E-state index is 5.76. The van der Waals surface area contributed by atoms with Crippen molar-refractivity contribution < 1.29 is 4.74 Å². The van der Waals surface area contributed by atoms with Crippen molar-refractivity contribution in [3.63, 3.8) is 0 Å². The second kappa shape index (κ2) is 4.56. The van der Waals surface area contributed by atoms with Crippen LogP contribution in [0, 0.1) is 0 Å². The van der Waals surface area contributed by atoms with Crippen LogP contribution in [0.3, 0.4) is 0 Å². The summed E-state index contributed by atoms with van der Waals surface area (Å²) in [6, 6.07) is 11.5. The first-order chi connectivity index (χ1) is 9.52. The average molecular weight is 269 g/mol. The number of hydrogen-bond donors (Lipinski definition) is 0. The van der Waals surface area contributed by atoms with Crippen LogP contribution in [0.4, 0.5) is 0 Å². The highest BCUT2D eigenvalue weighted by Gasteiger charge is 2.14. The smallest absolute Gasteiger partial charge is 0.239 e. The summed E-state index contributed by atoms with van der Waals surface area (Å²) >= 11 is 0. The molecule has 0 amide bonds. The van der Waals surface area contributed by atoms with Crippen molar-refractivity contribution in [2.45, 2.75) is 26.2 Å². The zero-order chi connectivity index (χ0) is 14.2. The number of benzene rings is 1. The predicted molar refractivity (Wildman–Crippen MR) is 73.8 cm³/mol. The quantitative estimate of drug-likeness (QED) is 0.715. The van der Waals surface area contributed by atoms with Gasteiger partial charge in [-0.15, -0.1) is 14.8 Å². The molecule has 3 rings (SSSR count). The number of fused-ring (bicyclic) bond motifs is 1. The molecule has 102 valence electrons. The van der Waals surface area contributed by atoms with Crippen molar-refractivity contribution in [2.24, 2.45) is 0 Å². The van der Waals surface area contributed by atoms with Gasteiger partial charge in [0.05, 0.1) is 0 Å². The van der Waals surface area contributed by atoms with Crippen LogP contribution in [0.2, 0.25) is 0 Å². The summed E-state index contributed by atoms with van der Waals surface area (Å²) in [6.07, 6.45) is 0. The van der Waals surface area contributed by atoms with E-state index in [1.54, 1.807) is 12.1 Å². The van der Waals surface area contributed by atoms with E-state index in [0.29, 0.717) is 11.5 Å². The van der Waals surface area contributed by atoms with Crippen molar-refractivity contribution in [1.82, 2.24) is 25.3 Å². The Labute approximate surface area is 116 Å². The molecule has 0 fully saturated rings. The van der Waals surface area contributed by atoms with E-state index in [2.05, 4.69) is 47.5 Å². The first-order valence-corrected chi connectivity index (χ1v) is 6.36. The third kappa shape index (κ3) is 2.45. The van der Waals surface area contributed by atoms with E-state index in [1.165, 1.54) is 10.2 Å². The Hall–Kier alpha value is -2.50. The Morgan fingerprint density at radius 1 is 1.10 bits per heavy atom. The fourth-order valence-corrected chi connectivity index (χ4v) is 1.83. The molecule has 2 aromatic heterocycles. The third-order valence-corrected chi connectivity index (χ3v) is 2.97. The summed E-state index contributed by atoms with van der Waals surface area (Å²) in [6.45, 7) is 6.49. The van der Waals surface area contributed by atoms with Gasteiger partial charge in [0.15, 0.2) is 5.65 Å². The summed E-state index contributed by atoms with van der Waals surface area (Å²) in [7, 11) is 0. The Balaban J connectivity index is 1.90. The van der Waals surface area contributed by atoms with Crippen LogP contribution in [-0.4, -0.2) is 25.3 Å². The van der Waals surface area contributed by atoms with Gasteiger partial charge in [-0.2, -0.15) is 0 Å². The van der Waals surface area contributed by atoms with Crippen LogP contribution in [0.5, 0.6) is 11.6 Å². The number of rotatable bonds is 2. The van der Waals surface area contributed by atoms with E-state index in [4.69, 9.17) is 4.74 Å². The Kier molecular flexibility index (Phi) is 2.85. The minimum Gasteiger partial charge on any atom is -0.438 e. The second-order valence-corrected chi connectivity index (χ2v) is 5.58. The molecule has 1 aromatic carbocycles. The van der Waals surface area contributed by atoms with Crippen LogP contribution < -0.4 is 4.74 Å². The van der Waals surface area contributed by atoms with Crippen LogP contribution in [0.1, 0.15) is 26.3 Å². The van der Waals surface area contributed by atoms with Crippen molar-refractivity contribution >= 4 is 5.65 Å². The lowest BCUT2D eigenvalue weighted by Crippen LogP contribution is -2.10. The monoisotopic (exact) mass is 269 g/mol. The summed E-state index contributed by atoms with van der Waals surface area (Å²) in [5.41, 5.74) is 1.87. The van der Waals surface area contributed by atoms with Crippen LogP contribution in [0.15, 0.2) is 36.4 Å². The molecule has 0 aliphatic rings. The fraction of sp³-hybridized carbons (Fsp3) is 0.286. The van der Waals surface area contributed by atoms with Crippen molar-refractivity contribution in [3.8, 4) is 11.6 Å². The molecule has 0 unspecified atom stereocenters. The first-order valence-electron chi connectivity index (χ1n) is 6.36. The normalized spacial score (nSPS) is 11.8. The van der Waals surface area contributed by atoms with E-state index < -0.39 is 0 Å². The molecule has 0 spiro atoms. The Morgan fingerprint density at radius 3 is 2.75 bits per heavy atom. The number of nitrogens with zero attached hydrogens (tertiary/aromatic N) is 5. The number of tetrazole rings is 1. The van der Waals surface area contributed by atoms with Gasteiger partial charge in [-0.1, -0.05) is 32.9 Å². The second-order valence-electron chi connectivity index (χ2n) is 5.58. The van der Waals surface area contributed by atoms with E-state index >= 15 is 0 Å². The molecule has 0 N–H and O–H groups in total. The number of hydrogen-bond acceptors (Lipinski definition) is 5. The lowest BCUT2D eigenvalue weighted by Gasteiger charge is -2.19. The standard InChI is InChI=1S/C14H15N5O/c1-14(2,3)10-5-4-6-11(9-10)20-13-8-7-12-15-17-18-19(12)16-13/h4-9H,1-3H3. The topological polar surface area (TPSA) is 65.2 Å². The maximum Gasteiger partial charge on any atom is 0.239 e. The number of ether oxygens (including phenoxy) is 1. The SMILES string of the molecule is CC(C)(C)c1cccc(Oc2ccc3nnnn3n2)c1. The molecule has 0 bridgehead atoms. The molecule has 0 atom stereocenters. The maximum atomic E-state index is 5.76. The minimum absolute atomic E-state index is 0.0760. The number of aromatic nitrogens is 5. The van der Waals surface area contributed by atoms with Gasteiger partial charge in [-0.25, -0.2) is 0 Å². The van der Waals surface area contributed by atoms with Gasteiger partial charge in [0.1, 0.15) is 5.75 Å². The van der Waals surface area contributed by atoms with Gasteiger partial charge in [0.25, 0.3) is 0 Å². The average Bonchev–Trinajstić information content (AvgIpc) is 2.85. The van der Waals surface area contributed by atoms with Gasteiger partial charge < -0.3 is 4.74 Å². The molecule has 0 saturated heterocycles. The lowest BCUT2D eigenvalue weighted by molar-refractivity contribution is 0.444. The molecule has 20 heavy (non-hydrogen) atoms. The molecule has 0 saturated carbocycles. The summed E-state index contributed by atoms with van der Waals surface area (Å²) < 4.78 is 7.10. The van der Waals surface area contributed by atoms with Crippen molar-refractivity contribution in [2.75, 3.05) is 0 Å². The minimum atomic E-state index is 0.0760.